The molecular weight excluding hydrogens is 316 g/mol. The molecule has 2 amide bonds. The number of thiophene rings is 1. The van der Waals surface area contributed by atoms with Crippen LogP contribution in [0.4, 0.5) is 21.0 Å². The Kier molecular flexibility index (Phi) is 5.67. The molecule has 0 saturated carbocycles. The average molecular weight is 338 g/mol. The van der Waals surface area contributed by atoms with Crippen LogP contribution in [0.1, 0.15) is 46.4 Å². The molecule has 23 heavy (non-hydrogen) atoms. The number of carbonyl (C=O) groups is 2. The fourth-order valence-corrected chi connectivity index (χ4v) is 2.26. The third-order valence-electron chi connectivity index (χ3n) is 2.18. The van der Waals surface area contributed by atoms with Crippen LogP contribution in [-0.2, 0) is 9.47 Å². The van der Waals surface area contributed by atoms with Gasteiger partial charge in [-0.15, -0.1) is 17.8 Å². The van der Waals surface area contributed by atoms with E-state index < -0.39 is 23.4 Å². The van der Waals surface area contributed by atoms with E-state index in [0.717, 1.165) is 0 Å². The highest BCUT2D eigenvalue weighted by atomic mass is 32.1. The second kappa shape index (κ2) is 6.92. The Morgan fingerprint density at radius 1 is 1.04 bits per heavy atom. The van der Waals surface area contributed by atoms with Crippen molar-refractivity contribution in [2.24, 2.45) is 0 Å². The monoisotopic (exact) mass is 338 g/mol. The maximum Gasteiger partial charge on any atom is 0.412 e. The summed E-state index contributed by atoms with van der Waals surface area (Å²) < 4.78 is 10.4. The summed E-state index contributed by atoms with van der Waals surface area (Å²) in [7, 11) is 0. The number of hydrogen-bond acceptors (Lipinski definition) is 5. The SMILES string of the molecule is C#Cc1scc(NC(=O)OC(C)(C)C)c1NC(=O)OC(C)(C)C. The van der Waals surface area contributed by atoms with E-state index in [9.17, 15) is 9.59 Å². The Balaban J connectivity index is 2.91. The van der Waals surface area contributed by atoms with Crippen molar-refractivity contribution in [2.75, 3.05) is 10.6 Å². The molecule has 2 N–H and O–H groups in total. The maximum atomic E-state index is 11.9. The number of ether oxygens (including phenoxy) is 2. The van der Waals surface area contributed by atoms with E-state index >= 15 is 0 Å². The van der Waals surface area contributed by atoms with E-state index in [-0.39, 0.29) is 0 Å². The second-order valence-electron chi connectivity index (χ2n) is 6.75. The van der Waals surface area contributed by atoms with Crippen LogP contribution in [0.25, 0.3) is 0 Å². The number of rotatable bonds is 2. The van der Waals surface area contributed by atoms with Crippen LogP contribution in [-0.4, -0.2) is 23.4 Å². The molecule has 0 unspecified atom stereocenters. The first-order valence-corrected chi connectivity index (χ1v) is 7.87. The van der Waals surface area contributed by atoms with Crippen LogP contribution in [0.15, 0.2) is 5.38 Å². The molecule has 1 aromatic rings. The second-order valence-corrected chi connectivity index (χ2v) is 7.63. The number of terminal acetylenes is 1. The van der Waals surface area contributed by atoms with Gasteiger partial charge in [0.15, 0.2) is 0 Å². The summed E-state index contributed by atoms with van der Waals surface area (Å²) in [6.07, 6.45) is 4.14. The predicted octanol–water partition coefficient (Wildman–Crippen LogP) is 4.42. The summed E-state index contributed by atoms with van der Waals surface area (Å²) in [6.45, 7) is 10.5. The zero-order valence-electron chi connectivity index (χ0n) is 14.2. The van der Waals surface area contributed by atoms with Crippen LogP contribution in [0, 0.1) is 12.3 Å². The van der Waals surface area contributed by atoms with Crippen LogP contribution < -0.4 is 10.6 Å². The summed E-state index contributed by atoms with van der Waals surface area (Å²) in [4.78, 5) is 24.3. The molecule has 1 aromatic heterocycles. The predicted molar refractivity (Wildman–Crippen MR) is 92.0 cm³/mol. The van der Waals surface area contributed by atoms with Gasteiger partial charge in [-0.3, -0.25) is 10.6 Å². The minimum absolute atomic E-state index is 0.317. The van der Waals surface area contributed by atoms with E-state index in [1.165, 1.54) is 11.3 Å². The van der Waals surface area contributed by atoms with Gasteiger partial charge >= 0.3 is 12.2 Å². The molecule has 0 atom stereocenters. The third kappa shape index (κ3) is 6.61. The topological polar surface area (TPSA) is 76.7 Å². The van der Waals surface area contributed by atoms with Gasteiger partial charge in [0.1, 0.15) is 16.1 Å². The Labute approximate surface area is 140 Å². The molecule has 126 valence electrons. The van der Waals surface area contributed by atoms with E-state index in [0.29, 0.717) is 16.3 Å². The molecule has 0 bridgehead atoms. The lowest BCUT2D eigenvalue weighted by molar-refractivity contribution is 0.0621. The Morgan fingerprint density at radius 2 is 1.52 bits per heavy atom. The standard InChI is InChI=1S/C16H22N2O4S/c1-8-11-12(18-14(20)22-16(5,6)7)10(9-23-11)17-13(19)21-15(2,3)4/h1,9H,2-7H3,(H,17,19)(H,18,20). The Bertz CT molecular complexity index is 630. The number of hydrogen-bond donors (Lipinski definition) is 2. The average Bonchev–Trinajstić information content (AvgIpc) is 2.66. The lowest BCUT2D eigenvalue weighted by atomic mass is 10.2. The van der Waals surface area contributed by atoms with Crippen LogP contribution in [0.2, 0.25) is 0 Å². The highest BCUT2D eigenvalue weighted by Crippen LogP contribution is 2.33. The van der Waals surface area contributed by atoms with Gasteiger partial charge in [0, 0.05) is 5.38 Å². The minimum atomic E-state index is -0.653. The molecule has 0 aliphatic heterocycles. The highest BCUT2D eigenvalue weighted by molar-refractivity contribution is 7.11. The van der Waals surface area contributed by atoms with Gasteiger partial charge in [-0.05, 0) is 41.5 Å². The largest absolute Gasteiger partial charge is 0.444 e. The van der Waals surface area contributed by atoms with Gasteiger partial charge in [0.25, 0.3) is 0 Å². The Morgan fingerprint density at radius 3 is 1.96 bits per heavy atom. The molecule has 0 aromatic carbocycles. The van der Waals surface area contributed by atoms with Crippen LogP contribution >= 0.6 is 11.3 Å². The summed E-state index contributed by atoms with van der Waals surface area (Å²) in [5, 5.41) is 6.78. The molecule has 0 aliphatic rings. The lowest BCUT2D eigenvalue weighted by Gasteiger charge is -2.21. The van der Waals surface area contributed by atoms with Gasteiger partial charge in [0.2, 0.25) is 0 Å². The number of carbonyl (C=O) groups excluding carboxylic acids is 2. The molecule has 0 aliphatic carbocycles. The molecule has 6 nitrogen and oxygen atoms in total. The van der Waals surface area contributed by atoms with Crippen LogP contribution in [0.5, 0.6) is 0 Å². The van der Waals surface area contributed by atoms with E-state index in [2.05, 4.69) is 16.6 Å². The first kappa shape index (κ1) is 18.8. The molecule has 0 saturated heterocycles. The molecule has 0 spiro atoms. The summed E-state index contributed by atoms with van der Waals surface area (Å²) >= 11 is 1.22. The lowest BCUT2D eigenvalue weighted by Crippen LogP contribution is -2.29. The molecule has 0 fully saturated rings. The van der Waals surface area contributed by atoms with Crippen molar-refractivity contribution in [3.8, 4) is 12.3 Å². The minimum Gasteiger partial charge on any atom is -0.444 e. The molecule has 7 heteroatoms. The smallest absolute Gasteiger partial charge is 0.412 e. The van der Waals surface area contributed by atoms with Crippen molar-refractivity contribution < 1.29 is 19.1 Å². The normalized spacial score (nSPS) is 11.3. The van der Waals surface area contributed by atoms with Crippen molar-refractivity contribution in [3.05, 3.63) is 10.3 Å². The first-order valence-electron chi connectivity index (χ1n) is 6.99. The van der Waals surface area contributed by atoms with Crippen molar-refractivity contribution in [2.45, 2.75) is 52.7 Å². The quantitative estimate of drug-likeness (QED) is 0.782. The van der Waals surface area contributed by atoms with Gasteiger partial charge in [0.05, 0.1) is 11.4 Å². The fourth-order valence-electron chi connectivity index (χ4n) is 1.50. The number of amides is 2. The van der Waals surface area contributed by atoms with Gasteiger partial charge in [-0.25, -0.2) is 9.59 Å². The third-order valence-corrected chi connectivity index (χ3v) is 3.09. The molecule has 1 heterocycles. The number of anilines is 2. The molecule has 0 radical (unpaired) electrons. The maximum absolute atomic E-state index is 11.9. The highest BCUT2D eigenvalue weighted by Gasteiger charge is 2.22. The summed E-state index contributed by atoms with van der Waals surface area (Å²) in [5.74, 6) is 2.46. The van der Waals surface area contributed by atoms with Crippen molar-refractivity contribution in [3.63, 3.8) is 0 Å². The number of nitrogens with one attached hydrogen (secondary N) is 2. The van der Waals surface area contributed by atoms with Crippen molar-refractivity contribution in [1.82, 2.24) is 0 Å². The zero-order valence-corrected chi connectivity index (χ0v) is 15.0. The van der Waals surface area contributed by atoms with Gasteiger partial charge in [-0.2, -0.15) is 0 Å². The van der Waals surface area contributed by atoms with E-state index in [1.54, 1.807) is 46.9 Å². The summed E-state index contributed by atoms with van der Waals surface area (Å²) in [6, 6.07) is 0. The molecule has 1 rings (SSSR count). The van der Waals surface area contributed by atoms with E-state index in [4.69, 9.17) is 15.9 Å². The fraction of sp³-hybridized carbons (Fsp3) is 0.500. The van der Waals surface area contributed by atoms with Gasteiger partial charge in [-0.1, -0.05) is 5.92 Å². The zero-order chi connectivity index (χ0) is 17.8. The van der Waals surface area contributed by atoms with E-state index in [1.807, 2.05) is 0 Å². The first-order chi connectivity index (χ1) is 10.4. The Hall–Kier alpha value is -2.20. The van der Waals surface area contributed by atoms with Crippen molar-refractivity contribution >= 4 is 34.9 Å². The summed E-state index contributed by atoms with van der Waals surface area (Å²) in [5.41, 5.74) is -0.594. The molecular formula is C16H22N2O4S. The van der Waals surface area contributed by atoms with Crippen molar-refractivity contribution in [1.29, 1.82) is 0 Å². The van der Waals surface area contributed by atoms with Crippen LogP contribution in [0.3, 0.4) is 0 Å². The van der Waals surface area contributed by atoms with Gasteiger partial charge < -0.3 is 9.47 Å².